The van der Waals surface area contributed by atoms with Gasteiger partial charge in [0.1, 0.15) is 0 Å². The predicted molar refractivity (Wildman–Crippen MR) is 64.4 cm³/mol. The Morgan fingerprint density at radius 3 is 3.06 bits per heavy atom. The zero-order valence-corrected chi connectivity index (χ0v) is 9.42. The van der Waals surface area contributed by atoms with Gasteiger partial charge in [0.2, 0.25) is 0 Å². The molecule has 0 aliphatic rings. The first-order chi connectivity index (χ1) is 8.19. The fourth-order valence-electron chi connectivity index (χ4n) is 1.51. The van der Waals surface area contributed by atoms with Gasteiger partial charge < -0.3 is 5.43 Å². The minimum atomic E-state index is -0.288. The SMILES string of the molecule is Cc1cnc(=O)n(Cc2cc(NN)ccn2)c1. The Bertz CT molecular complexity index is 578. The molecule has 6 heteroatoms. The minimum Gasteiger partial charge on any atom is -0.324 e. The predicted octanol–water partition coefficient (Wildman–Crippen LogP) is 0.281. The second-order valence-corrected chi connectivity index (χ2v) is 3.72. The molecule has 2 heterocycles. The van der Waals surface area contributed by atoms with Crippen LogP contribution in [0.3, 0.4) is 0 Å². The van der Waals surface area contributed by atoms with Gasteiger partial charge >= 0.3 is 5.69 Å². The normalized spacial score (nSPS) is 10.2. The van der Waals surface area contributed by atoms with Crippen molar-refractivity contribution < 1.29 is 0 Å². The average molecular weight is 231 g/mol. The summed E-state index contributed by atoms with van der Waals surface area (Å²) < 4.78 is 1.51. The third-order valence-electron chi connectivity index (χ3n) is 2.30. The van der Waals surface area contributed by atoms with Gasteiger partial charge in [-0.15, -0.1) is 0 Å². The number of aromatic nitrogens is 3. The van der Waals surface area contributed by atoms with E-state index in [1.165, 1.54) is 4.57 Å². The van der Waals surface area contributed by atoms with E-state index in [4.69, 9.17) is 5.84 Å². The molecule has 0 saturated heterocycles. The molecule has 17 heavy (non-hydrogen) atoms. The Hall–Kier alpha value is -2.21. The number of nitrogens with zero attached hydrogens (tertiary/aromatic N) is 3. The number of hydrogen-bond donors (Lipinski definition) is 2. The number of rotatable bonds is 3. The molecule has 0 saturated carbocycles. The van der Waals surface area contributed by atoms with E-state index in [0.717, 1.165) is 16.9 Å². The lowest BCUT2D eigenvalue weighted by atomic mass is 10.3. The largest absolute Gasteiger partial charge is 0.347 e. The zero-order chi connectivity index (χ0) is 12.3. The Balaban J connectivity index is 2.31. The smallest absolute Gasteiger partial charge is 0.324 e. The van der Waals surface area contributed by atoms with Gasteiger partial charge in [0.15, 0.2) is 0 Å². The van der Waals surface area contributed by atoms with Crippen LogP contribution in [-0.4, -0.2) is 14.5 Å². The van der Waals surface area contributed by atoms with E-state index in [-0.39, 0.29) is 5.69 Å². The van der Waals surface area contributed by atoms with E-state index < -0.39 is 0 Å². The maximum atomic E-state index is 11.5. The first-order valence-electron chi connectivity index (χ1n) is 5.13. The van der Waals surface area contributed by atoms with Crippen molar-refractivity contribution in [1.29, 1.82) is 0 Å². The van der Waals surface area contributed by atoms with Crippen LogP contribution in [0.5, 0.6) is 0 Å². The summed E-state index contributed by atoms with van der Waals surface area (Å²) in [6.07, 6.45) is 4.93. The first-order valence-corrected chi connectivity index (χ1v) is 5.13. The van der Waals surface area contributed by atoms with Crippen molar-refractivity contribution in [2.24, 2.45) is 5.84 Å². The summed E-state index contributed by atoms with van der Waals surface area (Å²) in [5.74, 6) is 5.31. The van der Waals surface area contributed by atoms with Crippen molar-refractivity contribution in [3.63, 3.8) is 0 Å². The third-order valence-corrected chi connectivity index (χ3v) is 2.30. The molecule has 2 rings (SSSR count). The van der Waals surface area contributed by atoms with Gasteiger partial charge in [-0.25, -0.2) is 9.78 Å². The molecule has 0 fully saturated rings. The summed E-state index contributed by atoms with van der Waals surface area (Å²) in [7, 11) is 0. The van der Waals surface area contributed by atoms with Crippen molar-refractivity contribution in [3.05, 3.63) is 52.5 Å². The summed E-state index contributed by atoms with van der Waals surface area (Å²) in [5, 5.41) is 0. The highest BCUT2D eigenvalue weighted by atomic mass is 16.1. The van der Waals surface area contributed by atoms with Crippen molar-refractivity contribution in [2.75, 3.05) is 5.43 Å². The van der Waals surface area contributed by atoms with Crippen LogP contribution in [0, 0.1) is 6.92 Å². The molecule has 0 bridgehead atoms. The van der Waals surface area contributed by atoms with Crippen LogP contribution in [0.25, 0.3) is 0 Å². The highest BCUT2D eigenvalue weighted by Gasteiger charge is 2.01. The highest BCUT2D eigenvalue weighted by Crippen LogP contribution is 2.06. The molecule has 0 aliphatic heterocycles. The van der Waals surface area contributed by atoms with Crippen molar-refractivity contribution in [2.45, 2.75) is 13.5 Å². The molecule has 0 spiro atoms. The summed E-state index contributed by atoms with van der Waals surface area (Å²) in [6.45, 7) is 2.26. The number of nitrogens with two attached hydrogens (primary N) is 1. The number of pyridine rings is 1. The second kappa shape index (κ2) is 4.75. The van der Waals surface area contributed by atoms with E-state index in [1.54, 1.807) is 30.7 Å². The van der Waals surface area contributed by atoms with Gasteiger partial charge in [-0.1, -0.05) is 0 Å². The van der Waals surface area contributed by atoms with Gasteiger partial charge in [-0.05, 0) is 24.6 Å². The fourth-order valence-corrected chi connectivity index (χ4v) is 1.51. The summed E-state index contributed by atoms with van der Waals surface area (Å²) in [5.41, 5.74) is 4.67. The fraction of sp³-hybridized carbons (Fsp3) is 0.182. The number of hydrogen-bond acceptors (Lipinski definition) is 5. The lowest BCUT2D eigenvalue weighted by molar-refractivity contribution is 0.706. The van der Waals surface area contributed by atoms with E-state index >= 15 is 0 Å². The molecule has 88 valence electrons. The van der Waals surface area contributed by atoms with Gasteiger partial charge in [-0.3, -0.25) is 15.4 Å². The molecule has 3 N–H and O–H groups in total. The number of hydrazine groups is 1. The molecule has 2 aromatic heterocycles. The summed E-state index contributed by atoms with van der Waals surface area (Å²) in [4.78, 5) is 19.4. The van der Waals surface area contributed by atoms with E-state index in [2.05, 4.69) is 15.4 Å². The van der Waals surface area contributed by atoms with E-state index in [9.17, 15) is 4.79 Å². The molecular formula is C11H13N5O. The highest BCUT2D eigenvalue weighted by molar-refractivity contribution is 5.41. The summed E-state index contributed by atoms with van der Waals surface area (Å²) >= 11 is 0. The number of nitrogens with one attached hydrogen (secondary N) is 1. The second-order valence-electron chi connectivity index (χ2n) is 3.72. The topological polar surface area (TPSA) is 85.8 Å². The van der Waals surface area contributed by atoms with Crippen LogP contribution in [0.1, 0.15) is 11.3 Å². The lowest BCUT2D eigenvalue weighted by Crippen LogP contribution is -2.23. The molecule has 0 atom stereocenters. The Kier molecular flexibility index (Phi) is 3.15. The van der Waals surface area contributed by atoms with Gasteiger partial charge in [0, 0.05) is 18.6 Å². The van der Waals surface area contributed by atoms with Gasteiger partial charge in [0.05, 0.1) is 17.9 Å². The molecule has 2 aromatic rings. The van der Waals surface area contributed by atoms with Crippen LogP contribution >= 0.6 is 0 Å². The molecule has 0 unspecified atom stereocenters. The molecule has 6 nitrogen and oxygen atoms in total. The van der Waals surface area contributed by atoms with Gasteiger partial charge in [-0.2, -0.15) is 0 Å². The van der Waals surface area contributed by atoms with Crippen LogP contribution < -0.4 is 17.0 Å². The Morgan fingerprint density at radius 1 is 1.47 bits per heavy atom. The summed E-state index contributed by atoms with van der Waals surface area (Å²) in [6, 6.07) is 3.54. The lowest BCUT2D eigenvalue weighted by Gasteiger charge is -2.06. The average Bonchev–Trinajstić information content (AvgIpc) is 2.34. The molecule has 0 amide bonds. The number of anilines is 1. The van der Waals surface area contributed by atoms with Crippen LogP contribution in [0.15, 0.2) is 35.5 Å². The monoisotopic (exact) mass is 231 g/mol. The number of nitrogen functional groups attached to an aromatic ring is 1. The van der Waals surface area contributed by atoms with Gasteiger partial charge in [0.25, 0.3) is 0 Å². The third kappa shape index (κ3) is 2.67. The van der Waals surface area contributed by atoms with Crippen LogP contribution in [0.2, 0.25) is 0 Å². The Morgan fingerprint density at radius 2 is 2.29 bits per heavy atom. The minimum absolute atomic E-state index is 0.288. The first kappa shape index (κ1) is 11.3. The zero-order valence-electron chi connectivity index (χ0n) is 9.42. The molecule has 0 aliphatic carbocycles. The quantitative estimate of drug-likeness (QED) is 0.585. The molecule has 0 radical (unpaired) electrons. The number of aryl methyl sites for hydroxylation is 1. The van der Waals surface area contributed by atoms with Crippen molar-refractivity contribution in [1.82, 2.24) is 14.5 Å². The maximum absolute atomic E-state index is 11.5. The molecule has 0 aromatic carbocycles. The van der Waals surface area contributed by atoms with E-state index in [1.807, 2.05) is 6.92 Å². The van der Waals surface area contributed by atoms with Crippen LogP contribution in [-0.2, 0) is 6.54 Å². The maximum Gasteiger partial charge on any atom is 0.347 e. The Labute approximate surface area is 98.1 Å². The van der Waals surface area contributed by atoms with Crippen molar-refractivity contribution in [3.8, 4) is 0 Å². The van der Waals surface area contributed by atoms with E-state index in [0.29, 0.717) is 6.54 Å². The molecular weight excluding hydrogens is 218 g/mol. The van der Waals surface area contributed by atoms with Crippen LogP contribution in [0.4, 0.5) is 5.69 Å². The van der Waals surface area contributed by atoms with Crippen molar-refractivity contribution >= 4 is 5.69 Å². The standard InChI is InChI=1S/C11H13N5O/c1-8-5-14-11(17)16(6-8)7-10-4-9(15-12)2-3-13-10/h2-6H,7,12H2,1H3,(H,13,15).